The van der Waals surface area contributed by atoms with Gasteiger partial charge in [-0.3, -0.25) is 0 Å². The Labute approximate surface area is 83.5 Å². The molecule has 14 heavy (non-hydrogen) atoms. The number of urea groups is 1. The average Bonchev–Trinajstić information content (AvgIpc) is 2.19. The summed E-state index contributed by atoms with van der Waals surface area (Å²) in [5.41, 5.74) is 7.35. The lowest BCUT2D eigenvalue weighted by atomic mass is 10.1. The molecule has 0 saturated heterocycles. The number of hydrogen-bond donors (Lipinski definition) is 3. The van der Waals surface area contributed by atoms with Crippen LogP contribution in [-0.4, -0.2) is 19.6 Å². The number of nitrogens with two attached hydrogens (primary N) is 1. The van der Waals surface area contributed by atoms with E-state index in [1.165, 1.54) is 0 Å². The Morgan fingerprint density at radius 2 is 2.29 bits per heavy atom. The highest BCUT2D eigenvalue weighted by Crippen LogP contribution is 2.10. The molecule has 2 amide bonds. The summed E-state index contributed by atoms with van der Waals surface area (Å²) in [4.78, 5) is 11.0. The summed E-state index contributed by atoms with van der Waals surface area (Å²) in [6.07, 6.45) is 0.823. The number of nitrogens with one attached hydrogen (secondary N) is 2. The Morgan fingerprint density at radius 3 is 2.93 bits per heavy atom. The molecule has 0 unspecified atom stereocenters. The van der Waals surface area contributed by atoms with Crippen LogP contribution >= 0.6 is 0 Å². The fourth-order valence-corrected chi connectivity index (χ4v) is 1.16. The standard InChI is InChI=1S/C10H15N3O/c1-12-10(14)13-9-4-2-3-8(7-9)5-6-11/h2-4,7H,5-6,11H2,1H3,(H2,12,13,14). The zero-order valence-electron chi connectivity index (χ0n) is 8.21. The molecule has 0 aliphatic heterocycles. The molecule has 1 aromatic carbocycles. The lowest BCUT2D eigenvalue weighted by Crippen LogP contribution is -2.24. The van der Waals surface area contributed by atoms with E-state index < -0.39 is 0 Å². The van der Waals surface area contributed by atoms with Crippen LogP contribution < -0.4 is 16.4 Å². The van der Waals surface area contributed by atoms with Crippen LogP contribution in [0.3, 0.4) is 0 Å². The number of carbonyl (C=O) groups excluding carboxylic acids is 1. The molecule has 4 heteroatoms. The van der Waals surface area contributed by atoms with Crippen LogP contribution in [0.1, 0.15) is 5.56 Å². The number of hydrogen-bond acceptors (Lipinski definition) is 2. The molecule has 0 fully saturated rings. The first-order valence-electron chi connectivity index (χ1n) is 4.54. The Morgan fingerprint density at radius 1 is 1.50 bits per heavy atom. The van der Waals surface area contributed by atoms with Crippen LogP contribution in [0.4, 0.5) is 10.5 Å². The molecule has 76 valence electrons. The van der Waals surface area contributed by atoms with Crippen LogP contribution in [0.15, 0.2) is 24.3 Å². The van der Waals surface area contributed by atoms with E-state index in [1.54, 1.807) is 7.05 Å². The van der Waals surface area contributed by atoms with Crippen molar-refractivity contribution in [3.63, 3.8) is 0 Å². The van der Waals surface area contributed by atoms with Crippen LogP contribution in [0.25, 0.3) is 0 Å². The van der Waals surface area contributed by atoms with E-state index in [2.05, 4.69) is 10.6 Å². The van der Waals surface area contributed by atoms with Gasteiger partial charge in [-0.15, -0.1) is 0 Å². The molecule has 0 atom stereocenters. The van der Waals surface area contributed by atoms with E-state index in [9.17, 15) is 4.79 Å². The molecule has 0 radical (unpaired) electrons. The van der Waals surface area contributed by atoms with Gasteiger partial charge in [-0.2, -0.15) is 0 Å². The summed E-state index contributed by atoms with van der Waals surface area (Å²) in [5.74, 6) is 0. The summed E-state index contributed by atoms with van der Waals surface area (Å²) in [5, 5.41) is 5.19. The SMILES string of the molecule is CNC(=O)Nc1cccc(CCN)c1. The first kappa shape index (κ1) is 10.5. The van der Waals surface area contributed by atoms with Crippen molar-refractivity contribution in [2.45, 2.75) is 6.42 Å². The van der Waals surface area contributed by atoms with Crippen LogP contribution in [0.5, 0.6) is 0 Å². The Bertz CT molecular complexity index is 312. The molecule has 1 aromatic rings. The lowest BCUT2D eigenvalue weighted by Gasteiger charge is -2.05. The highest BCUT2D eigenvalue weighted by Gasteiger charge is 1.98. The second-order valence-electron chi connectivity index (χ2n) is 2.94. The summed E-state index contributed by atoms with van der Waals surface area (Å²) in [7, 11) is 1.58. The fourth-order valence-electron chi connectivity index (χ4n) is 1.16. The van der Waals surface area contributed by atoms with Crippen molar-refractivity contribution < 1.29 is 4.79 Å². The summed E-state index contributed by atoms with van der Waals surface area (Å²) in [6.45, 7) is 0.615. The maximum atomic E-state index is 11.0. The number of carbonyl (C=O) groups is 1. The van der Waals surface area contributed by atoms with E-state index in [0.29, 0.717) is 6.54 Å². The topological polar surface area (TPSA) is 67.2 Å². The van der Waals surface area contributed by atoms with Crippen LogP contribution in [-0.2, 0) is 6.42 Å². The van der Waals surface area contributed by atoms with Gasteiger partial charge in [-0.25, -0.2) is 4.79 Å². The molecule has 0 heterocycles. The third-order valence-corrected chi connectivity index (χ3v) is 1.84. The lowest BCUT2D eigenvalue weighted by molar-refractivity contribution is 0.254. The van der Waals surface area contributed by atoms with Crippen molar-refractivity contribution in [1.82, 2.24) is 5.32 Å². The molecule has 1 rings (SSSR count). The minimum absolute atomic E-state index is 0.213. The van der Waals surface area contributed by atoms with Gasteiger partial charge in [0.25, 0.3) is 0 Å². The quantitative estimate of drug-likeness (QED) is 0.668. The maximum absolute atomic E-state index is 11.0. The van der Waals surface area contributed by atoms with E-state index in [-0.39, 0.29) is 6.03 Å². The average molecular weight is 193 g/mol. The van der Waals surface area contributed by atoms with Gasteiger partial charge in [0.05, 0.1) is 0 Å². The second kappa shape index (κ2) is 5.24. The van der Waals surface area contributed by atoms with Gasteiger partial charge >= 0.3 is 6.03 Å². The highest BCUT2D eigenvalue weighted by molar-refractivity contribution is 5.89. The Kier molecular flexibility index (Phi) is 3.94. The van der Waals surface area contributed by atoms with Crippen molar-refractivity contribution in [3.8, 4) is 0 Å². The monoisotopic (exact) mass is 193 g/mol. The first-order valence-corrected chi connectivity index (χ1v) is 4.54. The Balaban J connectivity index is 2.68. The van der Waals surface area contributed by atoms with Gasteiger partial charge in [-0.05, 0) is 30.7 Å². The van der Waals surface area contributed by atoms with E-state index in [0.717, 1.165) is 17.7 Å². The molecular formula is C10H15N3O. The normalized spacial score (nSPS) is 9.57. The van der Waals surface area contributed by atoms with Crippen molar-refractivity contribution in [2.75, 3.05) is 18.9 Å². The van der Waals surface area contributed by atoms with Gasteiger partial charge < -0.3 is 16.4 Å². The van der Waals surface area contributed by atoms with Gasteiger partial charge in [0, 0.05) is 12.7 Å². The zero-order valence-corrected chi connectivity index (χ0v) is 8.21. The molecule has 0 saturated carbocycles. The molecule has 0 aliphatic carbocycles. The molecule has 4 nitrogen and oxygen atoms in total. The number of anilines is 1. The van der Waals surface area contributed by atoms with Crippen molar-refractivity contribution in [3.05, 3.63) is 29.8 Å². The molecule has 0 aliphatic rings. The minimum atomic E-state index is -0.213. The molecule has 0 aromatic heterocycles. The van der Waals surface area contributed by atoms with Crippen molar-refractivity contribution in [1.29, 1.82) is 0 Å². The maximum Gasteiger partial charge on any atom is 0.318 e. The van der Waals surface area contributed by atoms with Gasteiger partial charge in [0.1, 0.15) is 0 Å². The van der Waals surface area contributed by atoms with E-state index in [1.807, 2.05) is 24.3 Å². The number of amides is 2. The van der Waals surface area contributed by atoms with Crippen molar-refractivity contribution >= 4 is 11.7 Å². The van der Waals surface area contributed by atoms with E-state index >= 15 is 0 Å². The Hall–Kier alpha value is -1.55. The van der Waals surface area contributed by atoms with Crippen molar-refractivity contribution in [2.24, 2.45) is 5.73 Å². The number of benzene rings is 1. The fraction of sp³-hybridized carbons (Fsp3) is 0.300. The largest absolute Gasteiger partial charge is 0.341 e. The zero-order chi connectivity index (χ0) is 10.4. The van der Waals surface area contributed by atoms with Crippen LogP contribution in [0, 0.1) is 0 Å². The predicted molar refractivity (Wildman–Crippen MR) is 57.3 cm³/mol. The molecule has 0 spiro atoms. The summed E-state index contributed by atoms with van der Waals surface area (Å²) < 4.78 is 0. The third-order valence-electron chi connectivity index (χ3n) is 1.84. The predicted octanol–water partition coefficient (Wildman–Crippen LogP) is 0.939. The summed E-state index contributed by atoms with van der Waals surface area (Å²) in [6, 6.07) is 7.44. The van der Waals surface area contributed by atoms with E-state index in [4.69, 9.17) is 5.73 Å². The minimum Gasteiger partial charge on any atom is -0.341 e. The molecule has 4 N–H and O–H groups in total. The van der Waals surface area contributed by atoms with Crippen LogP contribution in [0.2, 0.25) is 0 Å². The van der Waals surface area contributed by atoms with Gasteiger partial charge in [0.2, 0.25) is 0 Å². The molecule has 0 bridgehead atoms. The highest BCUT2D eigenvalue weighted by atomic mass is 16.2. The third kappa shape index (κ3) is 3.06. The number of rotatable bonds is 3. The molecular weight excluding hydrogens is 178 g/mol. The second-order valence-corrected chi connectivity index (χ2v) is 2.94. The first-order chi connectivity index (χ1) is 6.76. The van der Waals surface area contributed by atoms with Gasteiger partial charge in [0.15, 0.2) is 0 Å². The smallest absolute Gasteiger partial charge is 0.318 e. The summed E-state index contributed by atoms with van der Waals surface area (Å²) >= 11 is 0. The van der Waals surface area contributed by atoms with Gasteiger partial charge in [-0.1, -0.05) is 12.1 Å².